The summed E-state index contributed by atoms with van der Waals surface area (Å²) in [5.41, 5.74) is 0.461. The van der Waals surface area contributed by atoms with Gasteiger partial charge in [-0.1, -0.05) is 6.92 Å². The van der Waals surface area contributed by atoms with Crippen molar-refractivity contribution in [2.45, 2.75) is 38.8 Å². The standard InChI is InChI=1S/C15H22F2N2/c1-2-7-18-10-14-4-3-8-19(14)11-12-9-13(16)5-6-15(12)17/h5-6,9,14,18H,2-4,7-8,10-11H2,1H3. The topological polar surface area (TPSA) is 15.3 Å². The molecule has 1 atom stereocenters. The second kappa shape index (κ2) is 6.96. The lowest BCUT2D eigenvalue weighted by Crippen LogP contribution is -2.37. The number of halogens is 2. The van der Waals surface area contributed by atoms with Crippen LogP contribution in [0.3, 0.4) is 0 Å². The van der Waals surface area contributed by atoms with Crippen molar-refractivity contribution in [3.63, 3.8) is 0 Å². The van der Waals surface area contributed by atoms with E-state index in [0.29, 0.717) is 18.2 Å². The molecule has 1 N–H and O–H groups in total. The zero-order chi connectivity index (χ0) is 13.7. The molecule has 1 aliphatic rings. The molecule has 2 nitrogen and oxygen atoms in total. The fourth-order valence-electron chi connectivity index (χ4n) is 2.66. The van der Waals surface area contributed by atoms with Gasteiger partial charge in [0.1, 0.15) is 11.6 Å². The first-order chi connectivity index (χ1) is 9.20. The van der Waals surface area contributed by atoms with Gasteiger partial charge < -0.3 is 5.32 Å². The minimum absolute atomic E-state index is 0.312. The molecule has 1 aromatic carbocycles. The van der Waals surface area contributed by atoms with Crippen LogP contribution in [-0.2, 0) is 6.54 Å². The van der Waals surface area contributed by atoms with E-state index in [9.17, 15) is 8.78 Å². The highest BCUT2D eigenvalue weighted by atomic mass is 19.1. The van der Waals surface area contributed by atoms with Crippen LogP contribution in [-0.4, -0.2) is 30.6 Å². The predicted molar refractivity (Wildman–Crippen MR) is 73.0 cm³/mol. The number of hydrogen-bond donors (Lipinski definition) is 1. The summed E-state index contributed by atoms with van der Waals surface area (Å²) in [7, 11) is 0. The van der Waals surface area contributed by atoms with E-state index >= 15 is 0 Å². The summed E-state index contributed by atoms with van der Waals surface area (Å²) < 4.78 is 26.8. The first kappa shape index (κ1) is 14.4. The van der Waals surface area contributed by atoms with Crippen LogP contribution in [0.5, 0.6) is 0 Å². The van der Waals surface area contributed by atoms with Gasteiger partial charge >= 0.3 is 0 Å². The van der Waals surface area contributed by atoms with Crippen molar-refractivity contribution in [1.82, 2.24) is 10.2 Å². The van der Waals surface area contributed by atoms with Gasteiger partial charge in [0.05, 0.1) is 0 Å². The van der Waals surface area contributed by atoms with E-state index in [2.05, 4.69) is 17.1 Å². The lowest BCUT2D eigenvalue weighted by molar-refractivity contribution is 0.236. The van der Waals surface area contributed by atoms with Crippen LogP contribution < -0.4 is 5.32 Å². The molecule has 1 unspecified atom stereocenters. The van der Waals surface area contributed by atoms with E-state index in [-0.39, 0.29) is 11.6 Å². The Bertz CT molecular complexity index is 409. The number of likely N-dealkylation sites (tertiary alicyclic amines) is 1. The van der Waals surface area contributed by atoms with Gasteiger partial charge in [0.25, 0.3) is 0 Å². The SMILES string of the molecule is CCCNCC1CCCN1Cc1cc(F)ccc1F. The maximum Gasteiger partial charge on any atom is 0.127 e. The van der Waals surface area contributed by atoms with Crippen molar-refractivity contribution in [2.75, 3.05) is 19.6 Å². The molecule has 1 saturated heterocycles. The number of hydrogen-bond acceptors (Lipinski definition) is 2. The molecule has 4 heteroatoms. The molecule has 1 heterocycles. The van der Waals surface area contributed by atoms with E-state index in [1.165, 1.54) is 18.2 Å². The molecular weight excluding hydrogens is 246 g/mol. The van der Waals surface area contributed by atoms with Gasteiger partial charge in [0, 0.05) is 24.7 Å². The predicted octanol–water partition coefficient (Wildman–Crippen LogP) is 2.93. The van der Waals surface area contributed by atoms with Crippen molar-refractivity contribution in [3.8, 4) is 0 Å². The van der Waals surface area contributed by atoms with Crippen LogP contribution in [0.1, 0.15) is 31.7 Å². The molecule has 106 valence electrons. The Morgan fingerprint density at radius 1 is 1.37 bits per heavy atom. The minimum Gasteiger partial charge on any atom is -0.315 e. The molecule has 1 aliphatic heterocycles. The van der Waals surface area contributed by atoms with Gasteiger partial charge in [-0.2, -0.15) is 0 Å². The van der Waals surface area contributed by atoms with Crippen LogP contribution in [0.15, 0.2) is 18.2 Å². The van der Waals surface area contributed by atoms with Crippen LogP contribution in [0.4, 0.5) is 8.78 Å². The quantitative estimate of drug-likeness (QED) is 0.798. The van der Waals surface area contributed by atoms with Gasteiger partial charge in [-0.15, -0.1) is 0 Å². The summed E-state index contributed by atoms with van der Waals surface area (Å²) in [6.45, 7) is 5.56. The number of rotatable bonds is 6. The molecule has 2 rings (SSSR count). The first-order valence-electron chi connectivity index (χ1n) is 7.09. The van der Waals surface area contributed by atoms with Crippen molar-refractivity contribution in [3.05, 3.63) is 35.4 Å². The van der Waals surface area contributed by atoms with Crippen molar-refractivity contribution >= 4 is 0 Å². The molecular formula is C15H22F2N2. The maximum absolute atomic E-state index is 13.6. The molecule has 0 amide bonds. The lowest BCUT2D eigenvalue weighted by atomic mass is 10.1. The Kier molecular flexibility index (Phi) is 5.28. The molecule has 0 aliphatic carbocycles. The van der Waals surface area contributed by atoms with Gasteiger partial charge in [0.2, 0.25) is 0 Å². The van der Waals surface area contributed by atoms with Crippen LogP contribution >= 0.6 is 0 Å². The Labute approximate surface area is 113 Å². The van der Waals surface area contributed by atoms with Crippen molar-refractivity contribution < 1.29 is 8.78 Å². The van der Waals surface area contributed by atoms with Crippen LogP contribution in [0.2, 0.25) is 0 Å². The summed E-state index contributed by atoms with van der Waals surface area (Å²) in [5, 5.41) is 3.41. The molecule has 0 saturated carbocycles. The van der Waals surface area contributed by atoms with Crippen LogP contribution in [0.25, 0.3) is 0 Å². The number of benzene rings is 1. The Morgan fingerprint density at radius 2 is 2.21 bits per heavy atom. The summed E-state index contributed by atoms with van der Waals surface area (Å²) in [6.07, 6.45) is 3.38. The molecule has 0 bridgehead atoms. The molecule has 0 aromatic heterocycles. The van der Waals surface area contributed by atoms with E-state index in [1.54, 1.807) is 0 Å². The van der Waals surface area contributed by atoms with Crippen molar-refractivity contribution in [1.29, 1.82) is 0 Å². The Hall–Kier alpha value is -1.00. The second-order valence-electron chi connectivity index (χ2n) is 5.21. The zero-order valence-electron chi connectivity index (χ0n) is 11.5. The van der Waals surface area contributed by atoms with Gasteiger partial charge in [-0.25, -0.2) is 8.78 Å². The highest BCUT2D eigenvalue weighted by Crippen LogP contribution is 2.21. The van der Waals surface area contributed by atoms with Gasteiger partial charge in [-0.3, -0.25) is 4.90 Å². The summed E-state index contributed by atoms with van der Waals surface area (Å²) in [4.78, 5) is 2.25. The molecule has 0 radical (unpaired) electrons. The van der Waals surface area contributed by atoms with Crippen molar-refractivity contribution in [2.24, 2.45) is 0 Å². The van der Waals surface area contributed by atoms with E-state index in [4.69, 9.17) is 0 Å². The summed E-state index contributed by atoms with van der Waals surface area (Å²) in [5.74, 6) is -0.676. The molecule has 19 heavy (non-hydrogen) atoms. The largest absolute Gasteiger partial charge is 0.315 e. The third-order valence-corrected chi connectivity index (χ3v) is 3.69. The normalized spacial score (nSPS) is 20.1. The molecule has 1 aromatic rings. The highest BCUT2D eigenvalue weighted by molar-refractivity contribution is 5.19. The lowest BCUT2D eigenvalue weighted by Gasteiger charge is -2.25. The van der Waals surface area contributed by atoms with E-state index < -0.39 is 0 Å². The fourth-order valence-corrected chi connectivity index (χ4v) is 2.66. The monoisotopic (exact) mass is 268 g/mol. The second-order valence-corrected chi connectivity index (χ2v) is 5.21. The average Bonchev–Trinajstić information content (AvgIpc) is 2.82. The third kappa shape index (κ3) is 3.98. The number of nitrogens with zero attached hydrogens (tertiary/aromatic N) is 1. The highest BCUT2D eigenvalue weighted by Gasteiger charge is 2.24. The van der Waals surface area contributed by atoms with E-state index in [0.717, 1.165) is 38.9 Å². The fraction of sp³-hybridized carbons (Fsp3) is 0.600. The average molecular weight is 268 g/mol. The summed E-state index contributed by atoms with van der Waals surface area (Å²) in [6, 6.07) is 4.13. The molecule has 1 fully saturated rings. The zero-order valence-corrected chi connectivity index (χ0v) is 11.5. The smallest absolute Gasteiger partial charge is 0.127 e. The first-order valence-corrected chi connectivity index (χ1v) is 7.09. The van der Waals surface area contributed by atoms with Gasteiger partial charge in [-0.05, 0) is 50.6 Å². The summed E-state index contributed by atoms with van der Waals surface area (Å²) >= 11 is 0. The Morgan fingerprint density at radius 3 is 3.00 bits per heavy atom. The number of nitrogens with one attached hydrogen (secondary N) is 1. The Balaban J connectivity index is 1.95. The minimum atomic E-state index is -0.365. The van der Waals surface area contributed by atoms with E-state index in [1.807, 2.05) is 0 Å². The maximum atomic E-state index is 13.6. The van der Waals surface area contributed by atoms with Gasteiger partial charge in [0.15, 0.2) is 0 Å². The third-order valence-electron chi connectivity index (χ3n) is 3.69. The molecule has 0 spiro atoms. The van der Waals surface area contributed by atoms with Crippen LogP contribution in [0, 0.1) is 11.6 Å².